The maximum atomic E-state index is 13.4. The third-order valence-corrected chi connectivity index (χ3v) is 8.41. The van der Waals surface area contributed by atoms with Crippen molar-refractivity contribution < 1.29 is 14.6 Å². The van der Waals surface area contributed by atoms with Crippen LogP contribution in [-0.4, -0.2) is 62.0 Å². The Morgan fingerprint density at radius 1 is 1.22 bits per heavy atom. The Kier molecular flexibility index (Phi) is 12.3. The molecule has 1 saturated heterocycles. The molecule has 0 radical (unpaired) electrons. The summed E-state index contributed by atoms with van der Waals surface area (Å²) in [5.41, 5.74) is -0.176. The monoisotopic (exact) mass is 521 g/mol. The molecular formula is C29H48ClN3O3. The van der Waals surface area contributed by atoms with Gasteiger partial charge in [-0.25, -0.2) is 4.79 Å². The van der Waals surface area contributed by atoms with Crippen molar-refractivity contribution >= 4 is 17.6 Å². The number of amides is 2. The van der Waals surface area contributed by atoms with E-state index in [-0.39, 0.29) is 18.0 Å². The Labute approximate surface area is 223 Å². The topological polar surface area (TPSA) is 73.8 Å². The number of carbonyl (C=O) groups is 1. The Morgan fingerprint density at radius 3 is 2.75 bits per heavy atom. The summed E-state index contributed by atoms with van der Waals surface area (Å²) in [5.74, 6) is 0.667. The molecule has 0 aromatic heterocycles. The highest BCUT2D eigenvalue weighted by Gasteiger charge is 2.41. The molecule has 1 saturated carbocycles. The molecule has 1 aromatic carbocycles. The summed E-state index contributed by atoms with van der Waals surface area (Å²) < 4.78 is 5.23. The fourth-order valence-corrected chi connectivity index (χ4v) is 6.33. The van der Waals surface area contributed by atoms with Gasteiger partial charge in [0.15, 0.2) is 0 Å². The lowest BCUT2D eigenvalue weighted by Crippen LogP contribution is -2.54. The van der Waals surface area contributed by atoms with Gasteiger partial charge in [0.05, 0.1) is 5.60 Å². The van der Waals surface area contributed by atoms with E-state index in [1.807, 2.05) is 29.2 Å². The maximum absolute atomic E-state index is 13.4. The molecule has 1 aliphatic heterocycles. The Morgan fingerprint density at radius 2 is 2.03 bits per heavy atom. The minimum absolute atomic E-state index is 0.00578. The minimum Gasteiger partial charge on any atom is -0.385 e. The number of piperidine rings is 1. The second kappa shape index (κ2) is 15.2. The zero-order valence-electron chi connectivity index (χ0n) is 22.4. The zero-order chi connectivity index (χ0) is 25.8. The van der Waals surface area contributed by atoms with Crippen molar-refractivity contribution in [3.8, 4) is 0 Å². The van der Waals surface area contributed by atoms with Crippen LogP contribution in [0.25, 0.3) is 0 Å². The van der Waals surface area contributed by atoms with Gasteiger partial charge in [-0.05, 0) is 68.7 Å². The normalized spacial score (nSPS) is 21.7. The molecule has 0 unspecified atom stereocenters. The number of ether oxygens (including phenoxy) is 1. The first-order valence-electron chi connectivity index (χ1n) is 14.2. The number of aliphatic hydroxyl groups is 1. The minimum atomic E-state index is -1.02. The molecule has 7 heteroatoms. The number of halogens is 1. The van der Waals surface area contributed by atoms with E-state index in [4.69, 9.17) is 16.3 Å². The van der Waals surface area contributed by atoms with Crippen LogP contribution in [0.2, 0.25) is 5.02 Å². The van der Waals surface area contributed by atoms with Gasteiger partial charge in [0, 0.05) is 50.3 Å². The SMILES string of the molecule is CCNC[C@H](CC1CCCCC1)NC(=O)N1CCC[C@@H]([C@@](O)(CCCCOC)c2cccc(Cl)c2)C1. The first-order valence-corrected chi connectivity index (χ1v) is 14.6. The molecule has 6 nitrogen and oxygen atoms in total. The summed E-state index contributed by atoms with van der Waals surface area (Å²) in [6.45, 7) is 5.78. The summed E-state index contributed by atoms with van der Waals surface area (Å²) in [7, 11) is 1.71. The lowest BCUT2D eigenvalue weighted by Gasteiger charge is -2.43. The second-order valence-electron chi connectivity index (χ2n) is 10.9. The average Bonchev–Trinajstić information content (AvgIpc) is 2.90. The molecule has 1 heterocycles. The largest absolute Gasteiger partial charge is 0.385 e. The molecular weight excluding hydrogens is 474 g/mol. The average molecular weight is 522 g/mol. The zero-order valence-corrected chi connectivity index (χ0v) is 23.2. The van der Waals surface area contributed by atoms with Crippen molar-refractivity contribution in [2.75, 3.05) is 39.9 Å². The molecule has 2 aliphatic rings. The van der Waals surface area contributed by atoms with E-state index in [2.05, 4.69) is 17.6 Å². The van der Waals surface area contributed by atoms with Crippen LogP contribution in [0.5, 0.6) is 0 Å². The Balaban J connectivity index is 1.68. The van der Waals surface area contributed by atoms with Gasteiger partial charge in [0.1, 0.15) is 0 Å². The van der Waals surface area contributed by atoms with E-state index in [0.717, 1.165) is 57.3 Å². The number of rotatable bonds is 13. The van der Waals surface area contributed by atoms with E-state index in [1.54, 1.807) is 7.11 Å². The number of carbonyl (C=O) groups excluding carboxylic acids is 1. The quantitative estimate of drug-likeness (QED) is 0.290. The van der Waals surface area contributed by atoms with Crippen LogP contribution in [-0.2, 0) is 10.3 Å². The molecule has 2 fully saturated rings. The van der Waals surface area contributed by atoms with Crippen LogP contribution in [0.3, 0.4) is 0 Å². The molecule has 3 N–H and O–H groups in total. The highest BCUT2D eigenvalue weighted by Crippen LogP contribution is 2.40. The number of nitrogens with zero attached hydrogens (tertiary/aromatic N) is 1. The summed E-state index contributed by atoms with van der Waals surface area (Å²) in [6.07, 6.45) is 11.7. The van der Waals surface area contributed by atoms with E-state index >= 15 is 0 Å². The van der Waals surface area contributed by atoms with Gasteiger partial charge in [-0.1, -0.05) is 62.8 Å². The molecule has 36 heavy (non-hydrogen) atoms. The lowest BCUT2D eigenvalue weighted by atomic mass is 9.74. The smallest absolute Gasteiger partial charge is 0.317 e. The Bertz CT molecular complexity index is 789. The van der Waals surface area contributed by atoms with Gasteiger partial charge in [-0.3, -0.25) is 0 Å². The summed E-state index contributed by atoms with van der Waals surface area (Å²) in [5, 5.41) is 19.5. The number of unbranched alkanes of at least 4 members (excludes halogenated alkanes) is 1. The fourth-order valence-electron chi connectivity index (χ4n) is 6.14. The molecule has 204 valence electrons. The molecule has 3 rings (SSSR count). The van der Waals surface area contributed by atoms with Gasteiger partial charge in [0.2, 0.25) is 0 Å². The highest BCUT2D eigenvalue weighted by molar-refractivity contribution is 6.30. The van der Waals surface area contributed by atoms with Gasteiger partial charge in [-0.15, -0.1) is 0 Å². The number of nitrogens with one attached hydrogen (secondary N) is 2. The van der Waals surface area contributed by atoms with Crippen molar-refractivity contribution in [1.29, 1.82) is 0 Å². The van der Waals surface area contributed by atoms with Crippen molar-refractivity contribution in [2.45, 2.75) is 89.2 Å². The number of hydrogen-bond acceptors (Lipinski definition) is 4. The predicted molar refractivity (Wildman–Crippen MR) is 147 cm³/mol. The molecule has 1 aromatic rings. The molecule has 3 atom stereocenters. The molecule has 0 bridgehead atoms. The van der Waals surface area contributed by atoms with Crippen molar-refractivity contribution in [3.05, 3.63) is 34.9 Å². The molecule has 1 aliphatic carbocycles. The standard InChI is InChI=1S/C29H48ClN3O3/c1-3-31-21-27(19-23-11-5-4-6-12-23)32-28(34)33-17-10-14-25(22-33)29(35,16-7-8-18-36-2)24-13-9-15-26(30)20-24/h9,13,15,20,23,25,27,31,35H,3-8,10-12,14,16-19,21-22H2,1-2H3,(H,32,34)/t25-,27+,29-/m1/s1. The van der Waals surface area contributed by atoms with Crippen LogP contribution in [0.15, 0.2) is 24.3 Å². The third kappa shape index (κ3) is 8.61. The fraction of sp³-hybridized carbons (Fsp3) is 0.759. The third-order valence-electron chi connectivity index (χ3n) is 8.18. The molecule has 2 amide bonds. The number of urea groups is 1. The van der Waals surface area contributed by atoms with E-state index in [1.165, 1.54) is 32.1 Å². The second-order valence-corrected chi connectivity index (χ2v) is 11.3. The van der Waals surface area contributed by atoms with Crippen LogP contribution in [0, 0.1) is 11.8 Å². The van der Waals surface area contributed by atoms with Crippen LogP contribution < -0.4 is 10.6 Å². The van der Waals surface area contributed by atoms with Crippen molar-refractivity contribution in [2.24, 2.45) is 11.8 Å². The lowest BCUT2D eigenvalue weighted by molar-refractivity contribution is -0.0564. The van der Waals surface area contributed by atoms with Crippen molar-refractivity contribution in [3.63, 3.8) is 0 Å². The van der Waals surface area contributed by atoms with Crippen LogP contribution >= 0.6 is 11.6 Å². The summed E-state index contributed by atoms with van der Waals surface area (Å²) in [6, 6.07) is 7.74. The van der Waals surface area contributed by atoms with E-state index in [0.29, 0.717) is 30.5 Å². The summed E-state index contributed by atoms with van der Waals surface area (Å²) in [4.78, 5) is 15.4. The van der Waals surface area contributed by atoms with Gasteiger partial charge in [-0.2, -0.15) is 0 Å². The number of benzene rings is 1. The first-order chi connectivity index (χ1) is 17.5. The van der Waals surface area contributed by atoms with Crippen molar-refractivity contribution in [1.82, 2.24) is 15.5 Å². The summed E-state index contributed by atoms with van der Waals surface area (Å²) >= 11 is 6.32. The number of likely N-dealkylation sites (N-methyl/N-ethyl adjacent to an activating group) is 1. The predicted octanol–water partition coefficient (Wildman–Crippen LogP) is 5.71. The number of hydrogen-bond donors (Lipinski definition) is 3. The Hall–Kier alpha value is -1.34. The van der Waals surface area contributed by atoms with Gasteiger partial charge >= 0.3 is 6.03 Å². The van der Waals surface area contributed by atoms with Crippen LogP contribution in [0.1, 0.15) is 83.1 Å². The van der Waals surface area contributed by atoms with Gasteiger partial charge in [0.25, 0.3) is 0 Å². The van der Waals surface area contributed by atoms with Crippen LogP contribution in [0.4, 0.5) is 4.79 Å². The first kappa shape index (κ1) is 29.2. The number of likely N-dealkylation sites (tertiary alicyclic amines) is 1. The van der Waals surface area contributed by atoms with Gasteiger partial charge < -0.3 is 25.4 Å². The maximum Gasteiger partial charge on any atom is 0.317 e. The van der Waals surface area contributed by atoms with E-state index in [9.17, 15) is 9.90 Å². The number of methoxy groups -OCH3 is 1. The highest BCUT2D eigenvalue weighted by atomic mass is 35.5. The van der Waals surface area contributed by atoms with E-state index < -0.39 is 5.60 Å². The molecule has 0 spiro atoms.